The smallest absolute Gasteiger partial charge is 0.254 e. The second-order valence-corrected chi connectivity index (χ2v) is 5.61. The van der Waals surface area contributed by atoms with Gasteiger partial charge in [0.05, 0.1) is 24.2 Å². The molecule has 2 aromatic carbocycles. The second-order valence-electron chi connectivity index (χ2n) is 5.61. The molecule has 0 aliphatic rings. The number of benzene rings is 2. The van der Waals surface area contributed by atoms with Crippen molar-refractivity contribution >= 4 is 16.8 Å². The maximum atomic E-state index is 12.8. The van der Waals surface area contributed by atoms with Crippen LogP contribution in [-0.2, 0) is 0 Å². The van der Waals surface area contributed by atoms with Crippen LogP contribution in [0.25, 0.3) is 10.9 Å². The van der Waals surface area contributed by atoms with E-state index < -0.39 is 0 Å². The molecule has 3 aromatic rings. The molecule has 1 unspecified atom stereocenters. The first-order valence-corrected chi connectivity index (χ1v) is 7.63. The highest BCUT2D eigenvalue weighted by Crippen LogP contribution is 2.29. The van der Waals surface area contributed by atoms with Crippen molar-refractivity contribution in [2.24, 2.45) is 0 Å². The zero-order valence-corrected chi connectivity index (χ0v) is 13.5. The Kier molecular flexibility index (Phi) is 4.06. The molecule has 2 N–H and O–H groups in total. The number of carbonyl (C=O) groups is 1. The molecule has 1 amide bonds. The van der Waals surface area contributed by atoms with Gasteiger partial charge < -0.3 is 15.0 Å². The van der Waals surface area contributed by atoms with E-state index in [1.807, 2.05) is 62.4 Å². The van der Waals surface area contributed by atoms with Crippen molar-refractivity contribution in [3.05, 3.63) is 65.4 Å². The molecule has 3 rings (SSSR count). The Bertz CT molecular complexity index is 837. The van der Waals surface area contributed by atoms with Crippen LogP contribution in [0, 0.1) is 6.92 Å². The average Bonchev–Trinajstić information content (AvgIpc) is 2.91. The monoisotopic (exact) mass is 308 g/mol. The van der Waals surface area contributed by atoms with E-state index in [2.05, 4.69) is 10.3 Å². The number of carbonyl (C=O) groups excluding carboxylic acids is 1. The lowest BCUT2D eigenvalue weighted by Gasteiger charge is -2.14. The van der Waals surface area contributed by atoms with Crippen LogP contribution in [0.4, 0.5) is 0 Å². The third-order valence-corrected chi connectivity index (χ3v) is 4.08. The Balaban J connectivity index is 1.94. The van der Waals surface area contributed by atoms with Gasteiger partial charge in [-0.15, -0.1) is 0 Å². The van der Waals surface area contributed by atoms with Gasteiger partial charge >= 0.3 is 0 Å². The van der Waals surface area contributed by atoms with Gasteiger partial charge in [0.1, 0.15) is 5.75 Å². The van der Waals surface area contributed by atoms with Crippen molar-refractivity contribution in [1.29, 1.82) is 0 Å². The zero-order valence-electron chi connectivity index (χ0n) is 13.5. The Labute approximate surface area is 135 Å². The first-order chi connectivity index (χ1) is 11.1. The minimum atomic E-state index is -0.0849. The number of hydrogen-bond acceptors (Lipinski definition) is 2. The third-order valence-electron chi connectivity index (χ3n) is 4.08. The lowest BCUT2D eigenvalue weighted by atomic mass is 10.1. The molecule has 1 aromatic heterocycles. The number of amides is 1. The van der Waals surface area contributed by atoms with Gasteiger partial charge in [0, 0.05) is 11.1 Å². The zero-order chi connectivity index (χ0) is 16.4. The second kappa shape index (κ2) is 6.16. The maximum absolute atomic E-state index is 12.8. The summed E-state index contributed by atoms with van der Waals surface area (Å²) >= 11 is 0. The van der Waals surface area contributed by atoms with Crippen molar-refractivity contribution in [3.8, 4) is 5.75 Å². The van der Waals surface area contributed by atoms with Gasteiger partial charge in [-0.25, -0.2) is 0 Å². The standard InChI is InChI=1S/C19H20N2O2/c1-12(14-8-5-4-6-9-14)21-19(22)17-13(2)20-18-15(17)10-7-11-16(18)23-3/h4-12,20H,1-3H3,(H,21,22). The number of rotatable bonds is 4. The molecule has 0 fully saturated rings. The predicted octanol–water partition coefficient (Wildman–Crippen LogP) is 3.98. The molecular weight excluding hydrogens is 288 g/mol. The van der Waals surface area contributed by atoms with Gasteiger partial charge in [0.2, 0.25) is 0 Å². The fourth-order valence-corrected chi connectivity index (χ4v) is 2.88. The van der Waals surface area contributed by atoms with Crippen molar-refractivity contribution in [3.63, 3.8) is 0 Å². The molecule has 4 nitrogen and oxygen atoms in total. The van der Waals surface area contributed by atoms with E-state index >= 15 is 0 Å². The van der Waals surface area contributed by atoms with Gasteiger partial charge in [0.25, 0.3) is 5.91 Å². The lowest BCUT2D eigenvalue weighted by molar-refractivity contribution is 0.0941. The summed E-state index contributed by atoms with van der Waals surface area (Å²) in [4.78, 5) is 16.0. The fourth-order valence-electron chi connectivity index (χ4n) is 2.88. The first kappa shape index (κ1) is 15.2. The molecule has 118 valence electrons. The highest BCUT2D eigenvalue weighted by Gasteiger charge is 2.19. The van der Waals surface area contributed by atoms with Crippen LogP contribution in [-0.4, -0.2) is 18.0 Å². The molecule has 0 saturated heterocycles. The van der Waals surface area contributed by atoms with Gasteiger partial charge in [-0.05, 0) is 25.5 Å². The van der Waals surface area contributed by atoms with E-state index in [4.69, 9.17) is 4.74 Å². The normalized spacial score (nSPS) is 12.1. The van der Waals surface area contributed by atoms with Crippen LogP contribution >= 0.6 is 0 Å². The molecule has 0 saturated carbocycles. The number of aromatic nitrogens is 1. The van der Waals surface area contributed by atoms with Crippen molar-refractivity contribution in [2.75, 3.05) is 7.11 Å². The number of nitrogens with one attached hydrogen (secondary N) is 2. The van der Waals surface area contributed by atoms with E-state index in [1.54, 1.807) is 7.11 Å². The quantitative estimate of drug-likeness (QED) is 0.766. The summed E-state index contributed by atoms with van der Waals surface area (Å²) in [5.74, 6) is 0.652. The summed E-state index contributed by atoms with van der Waals surface area (Å²) in [6, 6.07) is 15.6. The van der Waals surface area contributed by atoms with E-state index in [-0.39, 0.29) is 11.9 Å². The Hall–Kier alpha value is -2.75. The van der Waals surface area contributed by atoms with E-state index in [1.165, 1.54) is 0 Å². The average molecular weight is 308 g/mol. The predicted molar refractivity (Wildman–Crippen MR) is 91.9 cm³/mol. The SMILES string of the molecule is COc1cccc2c(C(=O)NC(C)c3ccccc3)c(C)[nH]c12. The molecule has 0 aliphatic heterocycles. The summed E-state index contributed by atoms with van der Waals surface area (Å²) in [6.07, 6.45) is 0. The molecule has 1 atom stereocenters. The van der Waals surface area contributed by atoms with Crippen molar-refractivity contribution in [1.82, 2.24) is 10.3 Å². The largest absolute Gasteiger partial charge is 0.495 e. The molecule has 0 spiro atoms. The third kappa shape index (κ3) is 2.80. The van der Waals surface area contributed by atoms with E-state index in [9.17, 15) is 4.79 Å². The Morgan fingerprint density at radius 3 is 2.57 bits per heavy atom. The minimum Gasteiger partial charge on any atom is -0.495 e. The van der Waals surface area contributed by atoms with Crippen LogP contribution in [0.3, 0.4) is 0 Å². The maximum Gasteiger partial charge on any atom is 0.254 e. The summed E-state index contributed by atoms with van der Waals surface area (Å²) in [7, 11) is 1.63. The summed E-state index contributed by atoms with van der Waals surface area (Å²) in [6.45, 7) is 3.89. The van der Waals surface area contributed by atoms with E-state index in [0.29, 0.717) is 5.56 Å². The highest BCUT2D eigenvalue weighted by molar-refractivity contribution is 6.09. The van der Waals surface area contributed by atoms with E-state index in [0.717, 1.165) is 27.9 Å². The number of hydrogen-bond donors (Lipinski definition) is 2. The Morgan fingerprint density at radius 1 is 1.13 bits per heavy atom. The van der Waals surface area contributed by atoms with Crippen LogP contribution in [0.1, 0.15) is 34.6 Å². The van der Waals surface area contributed by atoms with Crippen molar-refractivity contribution in [2.45, 2.75) is 19.9 Å². The van der Waals surface area contributed by atoms with Crippen LogP contribution in [0.2, 0.25) is 0 Å². The number of aryl methyl sites for hydroxylation is 1. The first-order valence-electron chi connectivity index (χ1n) is 7.63. The van der Waals surface area contributed by atoms with Gasteiger partial charge in [-0.2, -0.15) is 0 Å². The fraction of sp³-hybridized carbons (Fsp3) is 0.211. The van der Waals surface area contributed by atoms with Gasteiger partial charge in [-0.3, -0.25) is 4.79 Å². The molecular formula is C19H20N2O2. The lowest BCUT2D eigenvalue weighted by Crippen LogP contribution is -2.27. The van der Waals surface area contributed by atoms with Crippen LogP contribution in [0.15, 0.2) is 48.5 Å². The number of aromatic amines is 1. The number of methoxy groups -OCH3 is 1. The molecule has 0 radical (unpaired) electrons. The number of H-pyrrole nitrogens is 1. The summed E-state index contributed by atoms with van der Waals surface area (Å²) in [5, 5.41) is 3.94. The summed E-state index contributed by atoms with van der Waals surface area (Å²) in [5.41, 5.74) is 3.44. The van der Waals surface area contributed by atoms with Crippen molar-refractivity contribution < 1.29 is 9.53 Å². The van der Waals surface area contributed by atoms with Crippen LogP contribution in [0.5, 0.6) is 5.75 Å². The van der Waals surface area contributed by atoms with Gasteiger partial charge in [-0.1, -0.05) is 42.5 Å². The van der Waals surface area contributed by atoms with Gasteiger partial charge in [0.15, 0.2) is 0 Å². The number of para-hydroxylation sites is 1. The molecule has 23 heavy (non-hydrogen) atoms. The molecule has 0 bridgehead atoms. The number of ether oxygens (including phenoxy) is 1. The van der Waals surface area contributed by atoms with Crippen LogP contribution < -0.4 is 10.1 Å². The summed E-state index contributed by atoms with van der Waals surface area (Å²) < 4.78 is 5.36. The highest BCUT2D eigenvalue weighted by atomic mass is 16.5. The molecule has 4 heteroatoms. The Morgan fingerprint density at radius 2 is 1.87 bits per heavy atom. The number of fused-ring (bicyclic) bond motifs is 1. The molecule has 0 aliphatic carbocycles. The minimum absolute atomic E-state index is 0.0568. The molecule has 1 heterocycles. The topological polar surface area (TPSA) is 54.1 Å².